The maximum atomic E-state index is 13.3. The van der Waals surface area contributed by atoms with Crippen molar-refractivity contribution in [1.82, 2.24) is 0 Å². The van der Waals surface area contributed by atoms with Gasteiger partial charge in [-0.15, -0.1) is 0 Å². The van der Waals surface area contributed by atoms with Gasteiger partial charge < -0.3 is 28.8 Å². The molecule has 3 rings (SSSR count). The lowest BCUT2D eigenvalue weighted by atomic mass is 9.78. The molecule has 11 nitrogen and oxygen atoms in total. The zero-order valence-electron chi connectivity index (χ0n) is 27.9. The van der Waals surface area contributed by atoms with E-state index in [1.54, 1.807) is 40.7 Å². The number of ether oxygens (including phenoxy) is 5. The predicted octanol–water partition coefficient (Wildman–Crippen LogP) is 4.81. The molecule has 1 N–H and O–H groups in total. The van der Waals surface area contributed by atoms with Crippen LogP contribution in [0, 0.1) is 11.8 Å². The second-order valence-electron chi connectivity index (χ2n) is 12.8. The first-order valence-electron chi connectivity index (χ1n) is 16.2. The molecule has 0 aromatic heterocycles. The molecule has 2 aliphatic carbocycles. The van der Waals surface area contributed by atoms with Crippen LogP contribution in [0.1, 0.15) is 113 Å². The van der Waals surface area contributed by atoms with Crippen LogP contribution in [0.4, 0.5) is 0 Å². The molecule has 11 heteroatoms. The molecule has 3 aliphatic rings. The summed E-state index contributed by atoms with van der Waals surface area (Å²) < 4.78 is 29.7. The molecule has 2 fully saturated rings. The Bertz CT molecular complexity index is 1220. The molecule has 0 amide bonds. The molecule has 0 unspecified atom stereocenters. The van der Waals surface area contributed by atoms with Gasteiger partial charge in [-0.2, -0.15) is 0 Å². The number of esters is 5. The molecule has 1 heterocycles. The van der Waals surface area contributed by atoms with E-state index < -0.39 is 77.3 Å². The van der Waals surface area contributed by atoms with Gasteiger partial charge in [-0.25, -0.2) is 4.79 Å². The van der Waals surface area contributed by atoms with Gasteiger partial charge in [0.05, 0.1) is 11.8 Å². The average Bonchev–Trinajstić information content (AvgIpc) is 3.33. The van der Waals surface area contributed by atoms with E-state index >= 15 is 0 Å². The zero-order chi connectivity index (χ0) is 33.7. The summed E-state index contributed by atoms with van der Waals surface area (Å²) in [6, 6.07) is 0. The third kappa shape index (κ3) is 7.45. The normalized spacial score (nSPS) is 32.6. The highest BCUT2D eigenvalue weighted by atomic mass is 16.6. The summed E-state index contributed by atoms with van der Waals surface area (Å²) in [5.74, 6) is -5.28. The molecular weight excluding hydrogens is 584 g/mol. The minimum atomic E-state index is -2.06. The third-order valence-corrected chi connectivity index (χ3v) is 9.44. The topological polar surface area (TPSA) is 152 Å². The van der Waals surface area contributed by atoms with Gasteiger partial charge in [0, 0.05) is 31.8 Å². The lowest BCUT2D eigenvalue weighted by molar-refractivity contribution is -0.193. The molecular formula is C34H50O11. The quantitative estimate of drug-likeness (QED) is 0.0977. The molecule has 252 valence electrons. The largest absolute Gasteiger partial charge is 0.459 e. The second kappa shape index (κ2) is 14.9. The van der Waals surface area contributed by atoms with Crippen LogP contribution in [0.3, 0.4) is 0 Å². The second-order valence-corrected chi connectivity index (χ2v) is 12.8. The number of unbranched alkanes of at least 4 members (excludes halogenated alkanes) is 4. The van der Waals surface area contributed by atoms with Crippen LogP contribution in [0.2, 0.25) is 0 Å². The first kappa shape index (κ1) is 36.3. The van der Waals surface area contributed by atoms with Crippen molar-refractivity contribution in [2.24, 2.45) is 11.8 Å². The summed E-state index contributed by atoms with van der Waals surface area (Å²) in [6.07, 6.45) is 1.57. The number of allylic oxidation sites excluding steroid dienone is 1. The molecule has 1 saturated heterocycles. The van der Waals surface area contributed by atoms with E-state index in [2.05, 4.69) is 6.92 Å². The maximum Gasteiger partial charge on any atom is 0.334 e. The summed E-state index contributed by atoms with van der Waals surface area (Å²) in [6.45, 7) is 13.2. The van der Waals surface area contributed by atoms with Gasteiger partial charge in [0.1, 0.15) is 11.7 Å². The van der Waals surface area contributed by atoms with Gasteiger partial charge in [-0.05, 0) is 58.6 Å². The van der Waals surface area contributed by atoms with Crippen molar-refractivity contribution >= 4 is 29.8 Å². The molecule has 0 bridgehead atoms. The summed E-state index contributed by atoms with van der Waals surface area (Å²) in [5.41, 5.74) is -2.58. The van der Waals surface area contributed by atoms with Crippen molar-refractivity contribution in [1.29, 1.82) is 0 Å². The van der Waals surface area contributed by atoms with E-state index in [-0.39, 0.29) is 19.3 Å². The van der Waals surface area contributed by atoms with Gasteiger partial charge in [0.25, 0.3) is 0 Å². The molecule has 1 aliphatic heterocycles. The Balaban J connectivity index is 2.19. The highest BCUT2D eigenvalue weighted by Crippen LogP contribution is 2.56. The fourth-order valence-corrected chi connectivity index (χ4v) is 6.89. The van der Waals surface area contributed by atoms with Crippen LogP contribution in [-0.2, 0) is 47.7 Å². The number of carbonyl (C=O) groups excluding carboxylic acids is 5. The van der Waals surface area contributed by atoms with Gasteiger partial charge in [-0.3, -0.25) is 19.2 Å². The minimum Gasteiger partial charge on any atom is -0.459 e. The monoisotopic (exact) mass is 634 g/mol. The zero-order valence-corrected chi connectivity index (χ0v) is 27.9. The number of hydrogen-bond donors (Lipinski definition) is 1. The standard InChI is InChI=1S/C34H50O11/c1-9-12-13-14-15-17-25(37)42-29-27-26(20(5)28(29)43-31(38)19(4)11-3)30-34(40,21(6)32(39)44-30)23(41-24(36)16-10-2)18-33(27,8)45-22(7)35/h11,21,23,27-30,40H,9-10,12-18H2,1-8H3/b19-11-/t21-,23-,27-,28-,29+,30+,33-,34+/m0/s1. The van der Waals surface area contributed by atoms with Gasteiger partial charge in [0.15, 0.2) is 23.9 Å². The molecule has 0 aromatic rings. The van der Waals surface area contributed by atoms with Crippen LogP contribution in [0.5, 0.6) is 0 Å². The van der Waals surface area contributed by atoms with E-state index in [1.165, 1.54) is 13.8 Å². The number of aliphatic hydroxyl groups is 1. The highest BCUT2D eigenvalue weighted by Gasteiger charge is 2.71. The Morgan fingerprint density at radius 1 is 0.978 bits per heavy atom. The van der Waals surface area contributed by atoms with Gasteiger partial charge >= 0.3 is 29.8 Å². The van der Waals surface area contributed by atoms with E-state index in [0.29, 0.717) is 29.6 Å². The Labute approximate surface area is 266 Å². The van der Waals surface area contributed by atoms with E-state index in [0.717, 1.165) is 25.7 Å². The molecule has 0 spiro atoms. The predicted molar refractivity (Wildman–Crippen MR) is 162 cm³/mol. The smallest absolute Gasteiger partial charge is 0.334 e. The summed E-state index contributed by atoms with van der Waals surface area (Å²) in [7, 11) is 0. The maximum absolute atomic E-state index is 13.3. The molecule has 8 atom stereocenters. The minimum absolute atomic E-state index is 0.0662. The fourth-order valence-electron chi connectivity index (χ4n) is 6.89. The van der Waals surface area contributed by atoms with Crippen molar-refractivity contribution in [3.63, 3.8) is 0 Å². The van der Waals surface area contributed by atoms with Crippen molar-refractivity contribution in [3.8, 4) is 0 Å². The SMILES string of the molecule is C/C=C(/C)C(=O)O[C@H]1C(C)=C2[C@H]3OC(=O)[C@H](C)[C@@]3(O)[C@@H](OC(=O)CCC)C[C@](C)(OC(C)=O)[C@@H]2[C@H]1OC(=O)CCCCCCC. The Morgan fingerprint density at radius 2 is 1.62 bits per heavy atom. The van der Waals surface area contributed by atoms with Crippen LogP contribution in [0.15, 0.2) is 22.8 Å². The summed E-state index contributed by atoms with van der Waals surface area (Å²) in [4.78, 5) is 64.9. The van der Waals surface area contributed by atoms with Crippen molar-refractivity contribution in [2.45, 2.75) is 149 Å². The number of carbonyl (C=O) groups is 5. The van der Waals surface area contributed by atoms with Crippen LogP contribution in [0.25, 0.3) is 0 Å². The van der Waals surface area contributed by atoms with Crippen LogP contribution >= 0.6 is 0 Å². The van der Waals surface area contributed by atoms with E-state index in [4.69, 9.17) is 23.7 Å². The summed E-state index contributed by atoms with van der Waals surface area (Å²) in [5, 5.41) is 12.4. The first-order chi connectivity index (χ1) is 21.2. The van der Waals surface area contributed by atoms with Crippen molar-refractivity contribution in [3.05, 3.63) is 22.8 Å². The lowest BCUT2D eigenvalue weighted by Gasteiger charge is -2.40. The van der Waals surface area contributed by atoms with Crippen molar-refractivity contribution in [2.75, 3.05) is 0 Å². The third-order valence-electron chi connectivity index (χ3n) is 9.44. The summed E-state index contributed by atoms with van der Waals surface area (Å²) >= 11 is 0. The fraction of sp³-hybridized carbons (Fsp3) is 0.735. The Kier molecular flexibility index (Phi) is 12.0. The number of rotatable bonds is 13. The molecule has 45 heavy (non-hydrogen) atoms. The number of fused-ring (bicyclic) bond motifs is 3. The van der Waals surface area contributed by atoms with Gasteiger partial charge in [-0.1, -0.05) is 45.6 Å². The van der Waals surface area contributed by atoms with Crippen molar-refractivity contribution < 1.29 is 52.8 Å². The lowest BCUT2D eigenvalue weighted by Crippen LogP contribution is -2.56. The molecule has 0 radical (unpaired) electrons. The average molecular weight is 635 g/mol. The Hall–Kier alpha value is -3.21. The number of hydrogen-bond acceptors (Lipinski definition) is 11. The van der Waals surface area contributed by atoms with Crippen LogP contribution in [-0.4, -0.2) is 70.6 Å². The first-order valence-corrected chi connectivity index (χ1v) is 16.2. The Morgan fingerprint density at radius 3 is 2.22 bits per heavy atom. The van der Waals surface area contributed by atoms with E-state index in [1.807, 2.05) is 0 Å². The van der Waals surface area contributed by atoms with E-state index in [9.17, 15) is 29.1 Å². The molecule has 0 aromatic carbocycles. The van der Waals surface area contributed by atoms with Gasteiger partial charge in [0.2, 0.25) is 0 Å². The van der Waals surface area contributed by atoms with Crippen LogP contribution < -0.4 is 0 Å². The highest BCUT2D eigenvalue weighted by molar-refractivity contribution is 5.88. The molecule has 1 saturated carbocycles.